The van der Waals surface area contributed by atoms with Gasteiger partial charge in [-0.3, -0.25) is 4.79 Å². The predicted molar refractivity (Wildman–Crippen MR) is 103 cm³/mol. The van der Waals surface area contributed by atoms with Crippen molar-refractivity contribution in [2.75, 3.05) is 12.4 Å². The Morgan fingerprint density at radius 3 is 2.72 bits per heavy atom. The van der Waals surface area contributed by atoms with Gasteiger partial charge in [-0.15, -0.1) is 0 Å². The highest BCUT2D eigenvalue weighted by atomic mass is 32.2. The largest absolute Gasteiger partial charge is 0.493 e. The molecule has 150 valence electrons. The van der Waals surface area contributed by atoms with E-state index in [1.807, 2.05) is 24.3 Å². The molecule has 0 bridgehead atoms. The molecule has 9 heteroatoms. The van der Waals surface area contributed by atoms with E-state index in [0.29, 0.717) is 18.4 Å². The SMILES string of the molecule is O=C(CSc1nc(C(F)(F)F)nc2ccccc12)NC1CCOc2ccccc21. The van der Waals surface area contributed by atoms with Crippen molar-refractivity contribution in [3.05, 3.63) is 59.9 Å². The van der Waals surface area contributed by atoms with Gasteiger partial charge in [0.1, 0.15) is 10.8 Å². The summed E-state index contributed by atoms with van der Waals surface area (Å²) in [7, 11) is 0. The lowest BCUT2D eigenvalue weighted by molar-refractivity contribution is -0.145. The number of carbonyl (C=O) groups excluding carboxylic acids is 1. The molecule has 0 spiro atoms. The number of carbonyl (C=O) groups is 1. The molecule has 29 heavy (non-hydrogen) atoms. The van der Waals surface area contributed by atoms with Crippen LogP contribution in [0, 0.1) is 0 Å². The number of ether oxygens (including phenoxy) is 1. The van der Waals surface area contributed by atoms with Gasteiger partial charge < -0.3 is 10.1 Å². The number of alkyl halides is 3. The average Bonchev–Trinajstić information content (AvgIpc) is 2.71. The Labute approximate surface area is 168 Å². The minimum Gasteiger partial charge on any atom is -0.493 e. The monoisotopic (exact) mass is 419 g/mol. The van der Waals surface area contributed by atoms with E-state index in [2.05, 4.69) is 15.3 Å². The van der Waals surface area contributed by atoms with E-state index < -0.39 is 12.0 Å². The van der Waals surface area contributed by atoms with E-state index in [9.17, 15) is 18.0 Å². The lowest BCUT2D eigenvalue weighted by Gasteiger charge is -2.26. The second-order valence-corrected chi connectivity index (χ2v) is 7.42. The third-order valence-corrected chi connectivity index (χ3v) is 5.45. The van der Waals surface area contributed by atoms with E-state index in [1.165, 1.54) is 6.07 Å². The average molecular weight is 419 g/mol. The first-order valence-electron chi connectivity index (χ1n) is 8.89. The van der Waals surface area contributed by atoms with Crippen molar-refractivity contribution < 1.29 is 22.7 Å². The van der Waals surface area contributed by atoms with E-state index in [-0.39, 0.29) is 28.2 Å². The first-order valence-corrected chi connectivity index (χ1v) is 9.88. The lowest BCUT2D eigenvalue weighted by Crippen LogP contribution is -2.33. The van der Waals surface area contributed by atoms with Crippen molar-refractivity contribution >= 4 is 28.6 Å². The molecule has 0 fully saturated rings. The summed E-state index contributed by atoms with van der Waals surface area (Å²) >= 11 is 0.964. The van der Waals surface area contributed by atoms with Gasteiger partial charge in [0, 0.05) is 17.4 Å². The summed E-state index contributed by atoms with van der Waals surface area (Å²) in [5.74, 6) is -0.823. The smallest absolute Gasteiger partial charge is 0.451 e. The minimum atomic E-state index is -4.66. The highest BCUT2D eigenvalue weighted by Crippen LogP contribution is 2.33. The van der Waals surface area contributed by atoms with Crippen molar-refractivity contribution in [2.24, 2.45) is 0 Å². The van der Waals surface area contributed by atoms with Crippen molar-refractivity contribution in [2.45, 2.75) is 23.7 Å². The number of nitrogens with zero attached hydrogens (tertiary/aromatic N) is 2. The van der Waals surface area contributed by atoms with Gasteiger partial charge in [-0.2, -0.15) is 13.2 Å². The first-order chi connectivity index (χ1) is 13.9. The van der Waals surface area contributed by atoms with Gasteiger partial charge in [0.2, 0.25) is 11.7 Å². The number of rotatable bonds is 4. The molecule has 2 heterocycles. The number of hydrogen-bond donors (Lipinski definition) is 1. The number of amides is 1. The fourth-order valence-corrected chi connectivity index (χ4v) is 3.98. The molecule has 0 saturated heterocycles. The van der Waals surface area contributed by atoms with Crippen LogP contribution in [0.1, 0.15) is 23.9 Å². The van der Waals surface area contributed by atoms with Crippen molar-refractivity contribution in [1.82, 2.24) is 15.3 Å². The summed E-state index contributed by atoms with van der Waals surface area (Å²) in [4.78, 5) is 19.7. The lowest BCUT2D eigenvalue weighted by atomic mass is 10.0. The Balaban J connectivity index is 1.51. The maximum absolute atomic E-state index is 13.1. The number of nitrogens with one attached hydrogen (secondary N) is 1. The first kappa shape index (κ1) is 19.5. The van der Waals surface area contributed by atoms with Crippen LogP contribution in [0.3, 0.4) is 0 Å². The second kappa shape index (κ2) is 7.90. The second-order valence-electron chi connectivity index (χ2n) is 6.45. The van der Waals surface area contributed by atoms with Crippen LogP contribution in [0.4, 0.5) is 13.2 Å². The van der Waals surface area contributed by atoms with Crippen LogP contribution < -0.4 is 10.1 Å². The molecule has 4 rings (SSSR count). The van der Waals surface area contributed by atoms with E-state index in [0.717, 1.165) is 23.1 Å². The standard InChI is InChI=1S/C20H16F3N3O2S/c21-20(22,23)19-25-14-7-3-1-6-13(14)18(26-19)29-11-17(27)24-15-9-10-28-16-8-4-2-5-12(15)16/h1-8,15H,9-11H2,(H,24,27). The van der Waals surface area contributed by atoms with Crippen molar-refractivity contribution in [1.29, 1.82) is 0 Å². The summed E-state index contributed by atoms with van der Waals surface area (Å²) < 4.78 is 44.9. The number of benzene rings is 2. The zero-order chi connectivity index (χ0) is 20.4. The quantitative estimate of drug-likeness (QED) is 0.502. The topological polar surface area (TPSA) is 64.1 Å². The molecule has 0 radical (unpaired) electrons. The molecule has 3 aromatic rings. The third kappa shape index (κ3) is 4.29. The third-order valence-electron chi connectivity index (χ3n) is 4.46. The molecule has 0 aliphatic carbocycles. The molecule has 1 unspecified atom stereocenters. The van der Waals surface area contributed by atoms with Gasteiger partial charge in [0.05, 0.1) is 23.9 Å². The number of thioether (sulfide) groups is 1. The summed E-state index contributed by atoms with van der Waals surface area (Å²) in [5.41, 5.74) is 1.08. The maximum Gasteiger partial charge on any atom is 0.451 e. The molecule has 1 aliphatic rings. The van der Waals surface area contributed by atoms with Crippen LogP contribution >= 0.6 is 11.8 Å². The van der Waals surface area contributed by atoms with Gasteiger partial charge in [0.25, 0.3) is 0 Å². The Bertz CT molecular complexity index is 1060. The summed E-state index contributed by atoms with van der Waals surface area (Å²) in [6, 6.07) is 13.7. The number of halogens is 3. The van der Waals surface area contributed by atoms with Crippen LogP contribution in [0.25, 0.3) is 10.9 Å². The van der Waals surface area contributed by atoms with Crippen LogP contribution in [0.2, 0.25) is 0 Å². The van der Waals surface area contributed by atoms with E-state index in [4.69, 9.17) is 4.74 Å². The molecule has 1 N–H and O–H groups in total. The zero-order valence-corrected chi connectivity index (χ0v) is 15.9. The zero-order valence-electron chi connectivity index (χ0n) is 15.1. The normalized spacial score (nSPS) is 16.2. The maximum atomic E-state index is 13.1. The van der Waals surface area contributed by atoms with Gasteiger partial charge in [-0.1, -0.05) is 48.2 Å². The van der Waals surface area contributed by atoms with Crippen molar-refractivity contribution in [3.8, 4) is 5.75 Å². The Hall–Kier alpha value is -2.81. The Kier molecular flexibility index (Phi) is 5.31. The summed E-state index contributed by atoms with van der Waals surface area (Å²) in [5, 5.41) is 3.54. The number of fused-ring (bicyclic) bond motifs is 2. The summed E-state index contributed by atoms with van der Waals surface area (Å²) in [6.45, 7) is 0.487. The van der Waals surface area contributed by atoms with Gasteiger partial charge in [-0.05, 0) is 12.1 Å². The number of para-hydroxylation sites is 2. The van der Waals surface area contributed by atoms with Crippen LogP contribution in [-0.4, -0.2) is 28.2 Å². The molecule has 1 amide bonds. The van der Waals surface area contributed by atoms with Crippen LogP contribution in [0.5, 0.6) is 5.75 Å². The Morgan fingerprint density at radius 2 is 1.90 bits per heavy atom. The minimum absolute atomic E-state index is 0.0577. The molecule has 5 nitrogen and oxygen atoms in total. The summed E-state index contributed by atoms with van der Waals surface area (Å²) in [6.07, 6.45) is -4.03. The fourth-order valence-electron chi connectivity index (χ4n) is 3.15. The molecule has 1 aromatic heterocycles. The highest BCUT2D eigenvalue weighted by molar-refractivity contribution is 8.00. The fraction of sp³-hybridized carbons (Fsp3) is 0.250. The van der Waals surface area contributed by atoms with Gasteiger partial charge in [-0.25, -0.2) is 9.97 Å². The predicted octanol–water partition coefficient (Wildman–Crippen LogP) is 4.38. The molecular weight excluding hydrogens is 403 g/mol. The van der Waals surface area contributed by atoms with E-state index >= 15 is 0 Å². The highest BCUT2D eigenvalue weighted by Gasteiger charge is 2.35. The van der Waals surface area contributed by atoms with E-state index in [1.54, 1.807) is 18.2 Å². The van der Waals surface area contributed by atoms with Crippen LogP contribution in [-0.2, 0) is 11.0 Å². The Morgan fingerprint density at radius 1 is 1.14 bits per heavy atom. The molecule has 1 atom stereocenters. The number of aromatic nitrogens is 2. The van der Waals surface area contributed by atoms with Gasteiger partial charge >= 0.3 is 6.18 Å². The number of hydrogen-bond acceptors (Lipinski definition) is 5. The van der Waals surface area contributed by atoms with Crippen molar-refractivity contribution in [3.63, 3.8) is 0 Å². The van der Waals surface area contributed by atoms with Crippen LogP contribution in [0.15, 0.2) is 53.6 Å². The molecule has 1 aliphatic heterocycles. The molecule has 2 aromatic carbocycles. The van der Waals surface area contributed by atoms with Gasteiger partial charge in [0.15, 0.2) is 0 Å². The molecular formula is C20H16F3N3O2S. The molecule has 0 saturated carbocycles.